The molecule has 0 bridgehead atoms. The number of nitrogens with two attached hydrogens (primary N) is 1. The van der Waals surface area contributed by atoms with E-state index in [0.29, 0.717) is 0 Å². The van der Waals surface area contributed by atoms with Crippen molar-refractivity contribution in [3.63, 3.8) is 0 Å². The third-order valence-electron chi connectivity index (χ3n) is 2.08. The minimum Gasteiger partial charge on any atom is -0.481 e. The molecule has 18 heavy (non-hydrogen) atoms. The second-order valence-electron chi connectivity index (χ2n) is 4.78. The molecule has 0 spiro atoms. The van der Waals surface area contributed by atoms with Crippen molar-refractivity contribution in [2.75, 3.05) is 19.8 Å². The number of carboxylic acids is 1. The predicted molar refractivity (Wildman–Crippen MR) is 63.7 cm³/mol. The molecule has 0 saturated heterocycles. The van der Waals surface area contributed by atoms with Gasteiger partial charge in [-0.2, -0.15) is 0 Å². The maximum absolute atomic E-state index is 11.5. The molecular weight excluding hydrogens is 240 g/mol. The average Bonchev–Trinajstić information content (AvgIpc) is 2.13. The van der Waals surface area contributed by atoms with Crippen LogP contribution in [0.3, 0.4) is 0 Å². The van der Waals surface area contributed by atoms with Gasteiger partial charge in [0.1, 0.15) is 6.61 Å². The Labute approximate surface area is 106 Å². The highest BCUT2D eigenvalue weighted by molar-refractivity contribution is 5.78. The monoisotopic (exact) mass is 260 g/mol. The van der Waals surface area contributed by atoms with Crippen molar-refractivity contribution in [3.8, 4) is 0 Å². The van der Waals surface area contributed by atoms with Gasteiger partial charge in [-0.1, -0.05) is 13.8 Å². The highest BCUT2D eigenvalue weighted by Gasteiger charge is 2.24. The fourth-order valence-electron chi connectivity index (χ4n) is 1.40. The molecule has 0 aliphatic rings. The van der Waals surface area contributed by atoms with E-state index >= 15 is 0 Å². The molecule has 0 aromatic rings. The summed E-state index contributed by atoms with van der Waals surface area (Å²) in [5, 5.41) is 11.2. The van der Waals surface area contributed by atoms with Gasteiger partial charge in [0.05, 0.1) is 13.0 Å². The minimum atomic E-state index is -0.933. The predicted octanol–water partition coefficient (Wildman–Crippen LogP) is -0.504. The topological polar surface area (TPSA) is 119 Å². The van der Waals surface area contributed by atoms with Crippen LogP contribution in [0.2, 0.25) is 0 Å². The number of carbonyl (C=O) groups excluding carboxylic acids is 2. The fourth-order valence-corrected chi connectivity index (χ4v) is 1.40. The van der Waals surface area contributed by atoms with Crippen LogP contribution in [0.25, 0.3) is 0 Å². The molecular formula is C11H20N2O5. The average molecular weight is 260 g/mol. The lowest BCUT2D eigenvalue weighted by Crippen LogP contribution is -2.32. The molecule has 7 heteroatoms. The van der Waals surface area contributed by atoms with Crippen LogP contribution in [0, 0.1) is 5.41 Å². The number of primary amides is 1. The molecule has 0 aromatic heterocycles. The Hall–Kier alpha value is -1.63. The number of aliphatic carboxylic acids is 1. The second kappa shape index (κ2) is 7.65. The van der Waals surface area contributed by atoms with Crippen LogP contribution in [0.15, 0.2) is 0 Å². The van der Waals surface area contributed by atoms with Gasteiger partial charge in [-0.15, -0.1) is 0 Å². The second-order valence-corrected chi connectivity index (χ2v) is 4.78. The van der Waals surface area contributed by atoms with Gasteiger partial charge in [0, 0.05) is 13.0 Å². The smallest absolute Gasteiger partial charge is 0.303 e. The van der Waals surface area contributed by atoms with Crippen molar-refractivity contribution >= 4 is 17.8 Å². The van der Waals surface area contributed by atoms with Gasteiger partial charge in [0.2, 0.25) is 11.8 Å². The van der Waals surface area contributed by atoms with Gasteiger partial charge < -0.3 is 20.9 Å². The molecule has 0 aromatic carbocycles. The summed E-state index contributed by atoms with van der Waals surface area (Å²) >= 11 is 0. The Balaban J connectivity index is 3.77. The lowest BCUT2D eigenvalue weighted by molar-refractivity contribution is -0.139. The Morgan fingerprint density at radius 2 is 1.89 bits per heavy atom. The van der Waals surface area contributed by atoms with E-state index in [9.17, 15) is 14.4 Å². The molecule has 7 nitrogen and oxygen atoms in total. The van der Waals surface area contributed by atoms with Crippen LogP contribution < -0.4 is 11.1 Å². The van der Waals surface area contributed by atoms with Crippen molar-refractivity contribution in [1.82, 2.24) is 5.32 Å². The van der Waals surface area contributed by atoms with E-state index in [1.165, 1.54) is 0 Å². The van der Waals surface area contributed by atoms with E-state index in [0.717, 1.165) is 0 Å². The zero-order valence-electron chi connectivity index (χ0n) is 10.7. The van der Waals surface area contributed by atoms with Crippen LogP contribution in [-0.4, -0.2) is 42.6 Å². The van der Waals surface area contributed by atoms with Crippen LogP contribution in [0.4, 0.5) is 0 Å². The van der Waals surface area contributed by atoms with Crippen LogP contribution in [0.1, 0.15) is 26.7 Å². The van der Waals surface area contributed by atoms with Crippen molar-refractivity contribution in [3.05, 3.63) is 0 Å². The van der Waals surface area contributed by atoms with Crippen molar-refractivity contribution in [2.24, 2.45) is 11.1 Å². The Morgan fingerprint density at radius 3 is 2.39 bits per heavy atom. The first kappa shape index (κ1) is 16.4. The van der Waals surface area contributed by atoms with Gasteiger partial charge in [-0.3, -0.25) is 14.4 Å². The normalized spacial score (nSPS) is 11.0. The quantitative estimate of drug-likeness (QED) is 0.483. The summed E-state index contributed by atoms with van der Waals surface area (Å²) in [6.45, 7) is 3.69. The molecule has 0 radical (unpaired) electrons. The molecule has 0 atom stereocenters. The summed E-state index contributed by atoms with van der Waals surface area (Å²) in [7, 11) is 0. The molecule has 0 heterocycles. The first-order valence-corrected chi connectivity index (χ1v) is 5.57. The third-order valence-corrected chi connectivity index (χ3v) is 2.08. The first-order chi connectivity index (χ1) is 8.23. The molecule has 0 fully saturated rings. The largest absolute Gasteiger partial charge is 0.481 e. The maximum atomic E-state index is 11.5. The highest BCUT2D eigenvalue weighted by Crippen LogP contribution is 2.24. The van der Waals surface area contributed by atoms with Gasteiger partial charge in [0.25, 0.3) is 0 Å². The third kappa shape index (κ3) is 9.59. The van der Waals surface area contributed by atoms with Gasteiger partial charge in [-0.25, -0.2) is 0 Å². The highest BCUT2D eigenvalue weighted by atomic mass is 16.5. The number of carboxylic acid groups (broad SMARTS) is 1. The number of carbonyl (C=O) groups is 3. The Kier molecular flexibility index (Phi) is 6.96. The molecule has 0 aliphatic carbocycles. The summed E-state index contributed by atoms with van der Waals surface area (Å²) < 4.78 is 4.86. The summed E-state index contributed by atoms with van der Waals surface area (Å²) in [5.74, 6) is -1.74. The van der Waals surface area contributed by atoms with E-state index in [-0.39, 0.29) is 38.5 Å². The van der Waals surface area contributed by atoms with Gasteiger partial charge in [0.15, 0.2) is 0 Å². The van der Waals surface area contributed by atoms with E-state index in [1.807, 2.05) is 0 Å². The number of nitrogens with one attached hydrogen (secondary N) is 1. The zero-order chi connectivity index (χ0) is 14.2. The Bertz CT molecular complexity index is 315. The van der Waals surface area contributed by atoms with Gasteiger partial charge in [-0.05, 0) is 5.41 Å². The van der Waals surface area contributed by atoms with Crippen LogP contribution in [-0.2, 0) is 19.1 Å². The number of hydrogen-bond acceptors (Lipinski definition) is 4. The van der Waals surface area contributed by atoms with E-state index in [4.69, 9.17) is 15.6 Å². The first-order valence-electron chi connectivity index (χ1n) is 5.57. The molecule has 2 amide bonds. The standard InChI is InChI=1S/C11H20N2O5/c1-11(2,6-10(16)17)5-9(15)13-3-4-18-7-8(12)14/h3-7H2,1-2H3,(H2,12,14)(H,13,15)(H,16,17). The maximum Gasteiger partial charge on any atom is 0.303 e. The molecule has 0 aliphatic heterocycles. The summed E-state index contributed by atoms with van der Waals surface area (Å²) in [5.41, 5.74) is 4.26. The summed E-state index contributed by atoms with van der Waals surface area (Å²) in [6.07, 6.45) is 0.0493. The van der Waals surface area contributed by atoms with Gasteiger partial charge >= 0.3 is 5.97 Å². The van der Waals surface area contributed by atoms with E-state index < -0.39 is 17.3 Å². The number of amides is 2. The lowest BCUT2D eigenvalue weighted by atomic mass is 9.85. The SMILES string of the molecule is CC(C)(CC(=O)O)CC(=O)NCCOCC(N)=O. The van der Waals surface area contributed by atoms with E-state index in [1.54, 1.807) is 13.8 Å². The van der Waals surface area contributed by atoms with Crippen LogP contribution in [0.5, 0.6) is 0 Å². The Morgan fingerprint density at radius 1 is 1.28 bits per heavy atom. The lowest BCUT2D eigenvalue weighted by Gasteiger charge is -2.21. The zero-order valence-corrected chi connectivity index (χ0v) is 10.7. The summed E-state index contributed by atoms with van der Waals surface area (Å²) in [4.78, 5) is 32.4. The fraction of sp³-hybridized carbons (Fsp3) is 0.727. The molecule has 0 unspecified atom stereocenters. The van der Waals surface area contributed by atoms with Crippen LogP contribution >= 0.6 is 0 Å². The molecule has 104 valence electrons. The summed E-state index contributed by atoms with van der Waals surface area (Å²) in [6, 6.07) is 0. The van der Waals surface area contributed by atoms with Crippen molar-refractivity contribution in [1.29, 1.82) is 0 Å². The number of ether oxygens (including phenoxy) is 1. The molecule has 4 N–H and O–H groups in total. The van der Waals surface area contributed by atoms with Crippen molar-refractivity contribution in [2.45, 2.75) is 26.7 Å². The molecule has 0 saturated carbocycles. The number of rotatable bonds is 9. The number of hydrogen-bond donors (Lipinski definition) is 3. The van der Waals surface area contributed by atoms with Crippen molar-refractivity contribution < 1.29 is 24.2 Å². The molecule has 0 rings (SSSR count). The van der Waals surface area contributed by atoms with E-state index in [2.05, 4.69) is 5.32 Å². The minimum absolute atomic E-state index is 0.0708.